The Bertz CT molecular complexity index is 634. The first-order valence-corrected chi connectivity index (χ1v) is 5.17. The normalized spacial score (nSPS) is 11.6. The molecule has 2 aromatic rings. The average Bonchev–Trinajstić information content (AvgIpc) is 2.76. The lowest BCUT2D eigenvalue weighted by Gasteiger charge is -2.04. The molecule has 0 fully saturated rings. The fourth-order valence-electron chi connectivity index (χ4n) is 1.61. The maximum atomic E-state index is 12.4. The number of nitro groups is 1. The zero-order valence-electron chi connectivity index (χ0n) is 9.68. The van der Waals surface area contributed by atoms with Crippen molar-refractivity contribution in [1.82, 2.24) is 9.78 Å². The summed E-state index contributed by atoms with van der Waals surface area (Å²) in [6.45, 7) is 1.51. The van der Waals surface area contributed by atoms with Gasteiger partial charge in [0.25, 0.3) is 5.69 Å². The van der Waals surface area contributed by atoms with E-state index < -0.39 is 16.8 Å². The second-order valence-corrected chi connectivity index (χ2v) is 3.87. The van der Waals surface area contributed by atoms with Crippen LogP contribution in [0.25, 0.3) is 5.69 Å². The number of halogens is 3. The Morgan fingerprint density at radius 3 is 2.47 bits per heavy atom. The van der Waals surface area contributed by atoms with Crippen molar-refractivity contribution in [3.63, 3.8) is 0 Å². The summed E-state index contributed by atoms with van der Waals surface area (Å²) in [5, 5.41) is 14.0. The summed E-state index contributed by atoms with van der Waals surface area (Å²) in [4.78, 5) is 10.1. The number of nitrogens with zero attached hydrogens (tertiary/aromatic N) is 3. The Balaban J connectivity index is 2.40. The van der Waals surface area contributed by atoms with Gasteiger partial charge in [0.1, 0.15) is 0 Å². The predicted octanol–water partition coefficient (Wildman–Crippen LogP) is 3.11. The van der Waals surface area contributed by atoms with Gasteiger partial charge in [-0.15, -0.1) is 0 Å². The van der Waals surface area contributed by atoms with Gasteiger partial charge in [-0.05, 0) is 25.1 Å². The number of hydrogen-bond donors (Lipinski definition) is 0. The number of aryl methyl sites for hydroxylation is 1. The van der Waals surface area contributed by atoms with E-state index in [1.165, 1.54) is 25.1 Å². The Labute approximate surface area is 105 Å². The molecule has 100 valence electrons. The fraction of sp³-hybridized carbons (Fsp3) is 0.182. The van der Waals surface area contributed by atoms with Crippen molar-refractivity contribution in [2.75, 3.05) is 0 Å². The van der Waals surface area contributed by atoms with E-state index in [2.05, 4.69) is 5.10 Å². The minimum atomic E-state index is -4.51. The number of hydrogen-bond acceptors (Lipinski definition) is 3. The number of benzene rings is 1. The SMILES string of the molecule is Cc1cc(-n2ccc(C(F)(F)F)n2)ccc1[N+](=O)[O-]. The standard InChI is InChI=1S/C11H8F3N3O2/c1-7-6-8(2-3-9(7)17(18)19)16-5-4-10(15-16)11(12,13)14/h2-6H,1H3. The predicted molar refractivity (Wildman–Crippen MR) is 60.0 cm³/mol. The lowest BCUT2D eigenvalue weighted by atomic mass is 10.2. The number of nitro benzene ring substituents is 1. The van der Waals surface area contributed by atoms with Gasteiger partial charge in [-0.2, -0.15) is 18.3 Å². The van der Waals surface area contributed by atoms with Crippen LogP contribution in [0, 0.1) is 17.0 Å². The summed E-state index contributed by atoms with van der Waals surface area (Å²) < 4.78 is 38.2. The second kappa shape index (κ2) is 4.38. The smallest absolute Gasteiger partial charge is 0.258 e. The van der Waals surface area contributed by atoms with E-state index >= 15 is 0 Å². The minimum absolute atomic E-state index is 0.0908. The maximum absolute atomic E-state index is 12.4. The topological polar surface area (TPSA) is 61.0 Å². The Morgan fingerprint density at radius 2 is 2.00 bits per heavy atom. The maximum Gasteiger partial charge on any atom is 0.435 e. The van der Waals surface area contributed by atoms with Gasteiger partial charge in [0.05, 0.1) is 10.6 Å². The summed E-state index contributed by atoms with van der Waals surface area (Å²) in [5.74, 6) is 0. The van der Waals surface area contributed by atoms with Crippen LogP contribution in [0.4, 0.5) is 18.9 Å². The molecule has 0 unspecified atom stereocenters. The molecule has 0 radical (unpaired) electrons. The highest BCUT2D eigenvalue weighted by molar-refractivity contribution is 5.47. The van der Waals surface area contributed by atoms with Gasteiger partial charge in [-0.25, -0.2) is 4.68 Å². The molecular formula is C11H8F3N3O2. The molecule has 2 rings (SSSR count). The van der Waals surface area contributed by atoms with E-state index in [1.54, 1.807) is 0 Å². The third kappa shape index (κ3) is 2.56. The van der Waals surface area contributed by atoms with Crippen molar-refractivity contribution in [1.29, 1.82) is 0 Å². The Hall–Kier alpha value is -2.38. The third-order valence-corrected chi connectivity index (χ3v) is 2.52. The van der Waals surface area contributed by atoms with Crippen LogP contribution < -0.4 is 0 Å². The van der Waals surface area contributed by atoms with Crippen LogP contribution in [-0.4, -0.2) is 14.7 Å². The van der Waals surface area contributed by atoms with Crippen LogP contribution in [0.2, 0.25) is 0 Å². The zero-order chi connectivity index (χ0) is 14.2. The highest BCUT2D eigenvalue weighted by Crippen LogP contribution is 2.28. The van der Waals surface area contributed by atoms with E-state index in [4.69, 9.17) is 0 Å². The molecule has 0 amide bonds. The van der Waals surface area contributed by atoms with E-state index in [0.29, 0.717) is 11.3 Å². The molecule has 0 bridgehead atoms. The molecule has 1 heterocycles. The van der Waals surface area contributed by atoms with Crippen LogP contribution in [0.5, 0.6) is 0 Å². The molecule has 0 spiro atoms. The molecule has 0 saturated heterocycles. The summed E-state index contributed by atoms with van der Waals surface area (Å²) in [7, 11) is 0. The number of aromatic nitrogens is 2. The molecule has 0 atom stereocenters. The van der Waals surface area contributed by atoms with Crippen molar-refractivity contribution in [2.45, 2.75) is 13.1 Å². The Kier molecular flexibility index (Phi) is 3.01. The fourth-order valence-corrected chi connectivity index (χ4v) is 1.61. The quantitative estimate of drug-likeness (QED) is 0.622. The van der Waals surface area contributed by atoms with Gasteiger partial charge in [-0.3, -0.25) is 10.1 Å². The Morgan fingerprint density at radius 1 is 1.32 bits per heavy atom. The first kappa shape index (κ1) is 13.1. The van der Waals surface area contributed by atoms with Crippen molar-refractivity contribution < 1.29 is 18.1 Å². The minimum Gasteiger partial charge on any atom is -0.258 e. The number of alkyl halides is 3. The molecule has 0 aliphatic carbocycles. The molecule has 1 aromatic carbocycles. The molecule has 0 saturated carbocycles. The van der Waals surface area contributed by atoms with Crippen molar-refractivity contribution in [3.05, 3.63) is 51.8 Å². The summed E-state index contributed by atoms with van der Waals surface area (Å²) in [6.07, 6.45) is -3.36. The molecule has 0 aliphatic heterocycles. The largest absolute Gasteiger partial charge is 0.435 e. The van der Waals surface area contributed by atoms with Crippen LogP contribution in [0.1, 0.15) is 11.3 Å². The van der Waals surface area contributed by atoms with E-state index in [9.17, 15) is 23.3 Å². The van der Waals surface area contributed by atoms with Gasteiger partial charge in [-0.1, -0.05) is 0 Å². The van der Waals surface area contributed by atoms with Gasteiger partial charge >= 0.3 is 6.18 Å². The van der Waals surface area contributed by atoms with Crippen molar-refractivity contribution >= 4 is 5.69 Å². The van der Waals surface area contributed by atoms with Gasteiger partial charge in [0.15, 0.2) is 5.69 Å². The molecule has 0 aliphatic rings. The monoisotopic (exact) mass is 271 g/mol. The molecular weight excluding hydrogens is 263 g/mol. The molecule has 19 heavy (non-hydrogen) atoms. The van der Waals surface area contributed by atoms with Crippen molar-refractivity contribution in [3.8, 4) is 5.69 Å². The first-order chi connectivity index (χ1) is 8.79. The average molecular weight is 271 g/mol. The van der Waals surface area contributed by atoms with Crippen LogP contribution in [0.3, 0.4) is 0 Å². The van der Waals surface area contributed by atoms with E-state index in [1.807, 2.05) is 0 Å². The van der Waals surface area contributed by atoms with Crippen LogP contribution in [0.15, 0.2) is 30.5 Å². The molecule has 8 heteroatoms. The summed E-state index contributed by atoms with van der Waals surface area (Å²) in [5.41, 5.74) is -0.416. The summed E-state index contributed by atoms with van der Waals surface area (Å²) >= 11 is 0. The molecule has 0 N–H and O–H groups in total. The van der Waals surface area contributed by atoms with E-state index in [-0.39, 0.29) is 5.69 Å². The third-order valence-electron chi connectivity index (χ3n) is 2.52. The van der Waals surface area contributed by atoms with Gasteiger partial charge in [0, 0.05) is 17.8 Å². The van der Waals surface area contributed by atoms with E-state index in [0.717, 1.165) is 16.9 Å². The zero-order valence-corrected chi connectivity index (χ0v) is 9.68. The first-order valence-electron chi connectivity index (χ1n) is 5.17. The highest BCUT2D eigenvalue weighted by Gasteiger charge is 2.33. The van der Waals surface area contributed by atoms with Gasteiger partial charge < -0.3 is 0 Å². The van der Waals surface area contributed by atoms with Gasteiger partial charge in [0.2, 0.25) is 0 Å². The lowest BCUT2D eigenvalue weighted by Crippen LogP contribution is -2.07. The lowest BCUT2D eigenvalue weighted by molar-refractivity contribution is -0.385. The van der Waals surface area contributed by atoms with Crippen LogP contribution >= 0.6 is 0 Å². The number of rotatable bonds is 2. The molecule has 5 nitrogen and oxygen atoms in total. The van der Waals surface area contributed by atoms with Crippen LogP contribution in [-0.2, 0) is 6.18 Å². The van der Waals surface area contributed by atoms with Crippen molar-refractivity contribution in [2.24, 2.45) is 0 Å². The summed E-state index contributed by atoms with van der Waals surface area (Å²) in [6, 6.07) is 4.83. The molecule has 1 aromatic heterocycles. The second-order valence-electron chi connectivity index (χ2n) is 3.87. The highest BCUT2D eigenvalue weighted by atomic mass is 19.4.